The fourth-order valence-corrected chi connectivity index (χ4v) is 2.07. The quantitative estimate of drug-likeness (QED) is 0.264. The van der Waals surface area contributed by atoms with Crippen molar-refractivity contribution < 1.29 is 14.1 Å². The van der Waals surface area contributed by atoms with Crippen LogP contribution in [0, 0.1) is 15.9 Å². The maximum Gasteiger partial charge on any atom is 0.280 e. The van der Waals surface area contributed by atoms with Gasteiger partial charge in [-0.15, -0.1) is 0 Å². The molecule has 0 radical (unpaired) electrons. The van der Waals surface area contributed by atoms with Gasteiger partial charge >= 0.3 is 0 Å². The minimum absolute atomic E-state index is 0.000972. The Labute approximate surface area is 100.0 Å². The monoisotopic (exact) mass is 250 g/mol. The molecule has 0 bridgehead atoms. The summed E-state index contributed by atoms with van der Waals surface area (Å²) in [7, 11) is 0. The number of carbonyl (C=O) groups is 1. The van der Waals surface area contributed by atoms with Crippen LogP contribution >= 0.6 is 0 Å². The molecule has 0 saturated carbocycles. The van der Waals surface area contributed by atoms with Gasteiger partial charge in [0.2, 0.25) is 0 Å². The number of hydrogen-bond acceptors (Lipinski definition) is 4. The molecule has 1 atom stereocenters. The maximum absolute atomic E-state index is 13.7. The number of halogens is 1. The largest absolute Gasteiger partial charge is 0.294 e. The fourth-order valence-electron chi connectivity index (χ4n) is 2.07. The molecular weight excluding hydrogens is 243 g/mol. The summed E-state index contributed by atoms with van der Waals surface area (Å²) >= 11 is 0. The summed E-state index contributed by atoms with van der Waals surface area (Å²) < 4.78 is 13.7. The Morgan fingerprint density at radius 3 is 2.89 bits per heavy atom. The van der Waals surface area contributed by atoms with Gasteiger partial charge in [-0.2, -0.15) is 0 Å². The van der Waals surface area contributed by atoms with E-state index in [1.54, 1.807) is 0 Å². The third-order valence-corrected chi connectivity index (χ3v) is 2.81. The molecule has 0 N–H and O–H groups in total. The molecule has 1 aliphatic rings. The molecule has 0 aromatic heterocycles. The van der Waals surface area contributed by atoms with Gasteiger partial charge in [-0.1, -0.05) is 5.11 Å². The Morgan fingerprint density at radius 1 is 1.56 bits per heavy atom. The Bertz CT molecular complexity index is 595. The Balaban J connectivity index is 2.75. The number of nitrogens with zero attached hydrogens (tertiary/aromatic N) is 4. The minimum atomic E-state index is -0.873. The second kappa shape index (κ2) is 4.42. The number of rotatable bonds is 2. The van der Waals surface area contributed by atoms with Gasteiger partial charge in [0.15, 0.2) is 5.78 Å². The summed E-state index contributed by atoms with van der Waals surface area (Å²) in [4.78, 5) is 24.4. The van der Waals surface area contributed by atoms with Crippen molar-refractivity contribution >= 4 is 11.5 Å². The van der Waals surface area contributed by atoms with Crippen LogP contribution in [0.25, 0.3) is 10.4 Å². The Kier molecular flexibility index (Phi) is 2.95. The smallest absolute Gasteiger partial charge is 0.280 e. The molecule has 0 heterocycles. The van der Waals surface area contributed by atoms with Crippen molar-refractivity contribution in [3.05, 3.63) is 49.6 Å². The van der Waals surface area contributed by atoms with Crippen LogP contribution in [-0.4, -0.2) is 10.7 Å². The van der Waals surface area contributed by atoms with Gasteiger partial charge in [0.1, 0.15) is 11.4 Å². The summed E-state index contributed by atoms with van der Waals surface area (Å²) in [5, 5.41) is 14.2. The molecule has 1 aromatic rings. The van der Waals surface area contributed by atoms with Gasteiger partial charge in [0.25, 0.3) is 5.69 Å². The zero-order chi connectivity index (χ0) is 13.3. The molecule has 1 aromatic carbocycles. The highest BCUT2D eigenvalue weighted by atomic mass is 19.1. The summed E-state index contributed by atoms with van der Waals surface area (Å²) in [5.74, 6) is -1.26. The lowest BCUT2D eigenvalue weighted by atomic mass is 9.85. The molecule has 0 saturated heterocycles. The van der Waals surface area contributed by atoms with E-state index in [0.717, 1.165) is 12.1 Å². The van der Waals surface area contributed by atoms with E-state index < -0.39 is 28.3 Å². The van der Waals surface area contributed by atoms with Gasteiger partial charge in [-0.05, 0) is 18.0 Å². The predicted octanol–water partition coefficient (Wildman–Crippen LogP) is 3.06. The van der Waals surface area contributed by atoms with Gasteiger partial charge in [-0.25, -0.2) is 4.39 Å². The third-order valence-electron chi connectivity index (χ3n) is 2.81. The van der Waals surface area contributed by atoms with Crippen molar-refractivity contribution in [1.82, 2.24) is 0 Å². The van der Waals surface area contributed by atoms with Crippen LogP contribution in [0.15, 0.2) is 17.2 Å². The van der Waals surface area contributed by atoms with Gasteiger partial charge < -0.3 is 0 Å². The summed E-state index contributed by atoms with van der Waals surface area (Å²) in [6.07, 6.45) is 0.162. The highest BCUT2D eigenvalue weighted by molar-refractivity contribution is 6.02. The first-order valence-electron chi connectivity index (χ1n) is 5.10. The Morgan fingerprint density at radius 2 is 2.28 bits per heavy atom. The topological polar surface area (TPSA) is 109 Å². The van der Waals surface area contributed by atoms with Crippen molar-refractivity contribution in [1.29, 1.82) is 0 Å². The fraction of sp³-hybridized carbons (Fsp3) is 0.300. The molecule has 1 aliphatic carbocycles. The van der Waals surface area contributed by atoms with Gasteiger partial charge in [0.05, 0.1) is 11.0 Å². The van der Waals surface area contributed by atoms with Crippen LogP contribution in [0.3, 0.4) is 0 Å². The second-order valence-corrected chi connectivity index (χ2v) is 3.79. The molecule has 8 heteroatoms. The van der Waals surface area contributed by atoms with E-state index in [9.17, 15) is 19.3 Å². The third kappa shape index (κ3) is 1.78. The number of fused-ring (bicyclic) bond motifs is 1. The molecule has 0 spiro atoms. The molecule has 7 nitrogen and oxygen atoms in total. The molecule has 2 rings (SSSR count). The van der Waals surface area contributed by atoms with Crippen molar-refractivity contribution in [3.63, 3.8) is 0 Å². The van der Waals surface area contributed by atoms with Crippen LogP contribution in [0.5, 0.6) is 0 Å². The lowest BCUT2D eigenvalue weighted by Gasteiger charge is -2.20. The van der Waals surface area contributed by atoms with Gasteiger partial charge in [0, 0.05) is 23.0 Å². The Hall–Kier alpha value is -2.47. The normalized spacial score (nSPS) is 17.8. The first-order valence-corrected chi connectivity index (χ1v) is 5.10. The van der Waals surface area contributed by atoms with E-state index in [2.05, 4.69) is 10.0 Å². The van der Waals surface area contributed by atoms with Crippen LogP contribution in [-0.2, 0) is 0 Å². The number of hydrogen-bond donors (Lipinski definition) is 0. The molecular formula is C10H7FN4O3. The lowest BCUT2D eigenvalue weighted by Crippen LogP contribution is -2.18. The van der Waals surface area contributed by atoms with Crippen molar-refractivity contribution in [3.8, 4) is 0 Å². The molecule has 0 amide bonds. The maximum atomic E-state index is 13.7. The second-order valence-electron chi connectivity index (χ2n) is 3.79. The molecule has 1 unspecified atom stereocenters. The van der Waals surface area contributed by atoms with Crippen molar-refractivity contribution in [2.45, 2.75) is 18.9 Å². The molecule has 18 heavy (non-hydrogen) atoms. The first-order chi connectivity index (χ1) is 8.56. The number of ketones is 1. The number of Topliss-reactive ketones (excluding diaryl/α,β-unsaturated/α-hetero) is 1. The number of nitro benzene ring substituents is 1. The first kappa shape index (κ1) is 12.0. The SMILES string of the molecule is [N-]=[N+]=NC1CCC(=O)c2c([N+](=O)[O-])ccc(F)c21. The number of nitro groups is 1. The highest BCUT2D eigenvalue weighted by Gasteiger charge is 2.34. The summed E-state index contributed by atoms with van der Waals surface area (Å²) in [5.41, 5.74) is 7.50. The number of benzene rings is 1. The van der Waals surface area contributed by atoms with Gasteiger partial charge in [-0.3, -0.25) is 14.9 Å². The van der Waals surface area contributed by atoms with E-state index in [4.69, 9.17) is 5.53 Å². The average Bonchev–Trinajstić information content (AvgIpc) is 2.33. The van der Waals surface area contributed by atoms with Crippen molar-refractivity contribution in [2.75, 3.05) is 0 Å². The minimum Gasteiger partial charge on any atom is -0.294 e. The average molecular weight is 250 g/mol. The van der Waals surface area contributed by atoms with Crippen LogP contribution in [0.1, 0.15) is 34.8 Å². The van der Waals surface area contributed by atoms with E-state index in [0.29, 0.717) is 0 Å². The van der Waals surface area contributed by atoms with Crippen molar-refractivity contribution in [2.24, 2.45) is 5.11 Å². The number of azide groups is 1. The summed E-state index contributed by atoms with van der Waals surface area (Å²) in [6.45, 7) is 0. The van der Waals surface area contributed by atoms with E-state index >= 15 is 0 Å². The van der Waals surface area contributed by atoms with E-state index in [1.807, 2.05) is 0 Å². The van der Waals surface area contributed by atoms with Crippen LogP contribution < -0.4 is 0 Å². The van der Waals surface area contributed by atoms with E-state index in [1.165, 1.54) is 0 Å². The predicted molar refractivity (Wildman–Crippen MR) is 58.5 cm³/mol. The molecule has 0 fully saturated rings. The zero-order valence-corrected chi connectivity index (χ0v) is 9.04. The zero-order valence-electron chi connectivity index (χ0n) is 9.04. The summed E-state index contributed by atoms with van der Waals surface area (Å²) in [6, 6.07) is 0.989. The highest BCUT2D eigenvalue weighted by Crippen LogP contribution is 2.38. The number of carbonyl (C=O) groups excluding carboxylic acids is 1. The standard InChI is InChI=1S/C10H7FN4O3/c11-5-1-3-7(15(17)18)10-8(16)4-2-6(9(5)10)13-14-12/h1,3,6H,2,4H2. The van der Waals surface area contributed by atoms with E-state index in [-0.39, 0.29) is 24.0 Å². The van der Waals surface area contributed by atoms with Crippen LogP contribution in [0.4, 0.5) is 10.1 Å². The molecule has 92 valence electrons. The van der Waals surface area contributed by atoms with Crippen LogP contribution in [0.2, 0.25) is 0 Å². The molecule has 0 aliphatic heterocycles. The lowest BCUT2D eigenvalue weighted by molar-refractivity contribution is -0.385.